The van der Waals surface area contributed by atoms with Crippen molar-refractivity contribution in [2.24, 2.45) is 0 Å². The van der Waals surface area contributed by atoms with Crippen LogP contribution in [0.4, 0.5) is 5.69 Å². The number of aliphatic hydroxyl groups excluding tert-OH is 1. The molecule has 2 rings (SSSR count). The molecule has 0 aromatic carbocycles. The van der Waals surface area contributed by atoms with E-state index in [1.165, 1.54) is 6.20 Å². The van der Waals surface area contributed by atoms with E-state index in [0.29, 0.717) is 23.4 Å². The van der Waals surface area contributed by atoms with Crippen LogP contribution in [-0.2, 0) is 6.54 Å². The largest absolute Gasteiger partial charge is 0.394 e. The quantitative estimate of drug-likeness (QED) is 0.623. The molecule has 19 heavy (non-hydrogen) atoms. The lowest BCUT2D eigenvalue weighted by molar-refractivity contribution is -0.386. The fourth-order valence-corrected chi connectivity index (χ4v) is 2.49. The number of aliphatic hydroxyl groups is 1. The number of nitrogens with zero attached hydrogens (tertiary/aromatic N) is 2. The van der Waals surface area contributed by atoms with Crippen LogP contribution in [0, 0.1) is 24.0 Å². The lowest BCUT2D eigenvalue weighted by Crippen LogP contribution is -2.53. The summed E-state index contributed by atoms with van der Waals surface area (Å²) in [6.45, 7) is 3.96. The number of nitrogens with one attached hydrogen (secondary N) is 1. The van der Waals surface area contributed by atoms with Crippen LogP contribution < -0.4 is 5.32 Å². The molecule has 6 heteroatoms. The summed E-state index contributed by atoms with van der Waals surface area (Å²) in [5.41, 5.74) is 1.78. The third kappa shape index (κ3) is 2.59. The van der Waals surface area contributed by atoms with E-state index in [0.717, 1.165) is 19.3 Å². The highest BCUT2D eigenvalue weighted by Gasteiger charge is 2.36. The average Bonchev–Trinajstić information content (AvgIpc) is 2.30. The van der Waals surface area contributed by atoms with Crippen LogP contribution in [0.25, 0.3) is 0 Å². The normalized spacial score (nSPS) is 17.0. The molecule has 1 aliphatic rings. The topological polar surface area (TPSA) is 88.3 Å². The van der Waals surface area contributed by atoms with Gasteiger partial charge < -0.3 is 10.4 Å². The highest BCUT2D eigenvalue weighted by molar-refractivity contribution is 5.47. The van der Waals surface area contributed by atoms with Crippen molar-refractivity contribution in [1.82, 2.24) is 10.3 Å². The number of pyridine rings is 1. The summed E-state index contributed by atoms with van der Waals surface area (Å²) < 4.78 is 0. The SMILES string of the molecule is Cc1cnc(CNC2(CO)CCC2)c(C)c1[N+](=O)[O-]. The minimum atomic E-state index is -0.360. The molecule has 104 valence electrons. The first-order valence-corrected chi connectivity index (χ1v) is 6.44. The summed E-state index contributed by atoms with van der Waals surface area (Å²) in [5, 5.41) is 23.7. The third-order valence-corrected chi connectivity index (χ3v) is 4.00. The van der Waals surface area contributed by atoms with Crippen molar-refractivity contribution >= 4 is 5.69 Å². The van der Waals surface area contributed by atoms with E-state index in [1.54, 1.807) is 13.8 Å². The molecule has 0 aliphatic heterocycles. The zero-order chi connectivity index (χ0) is 14.0. The van der Waals surface area contributed by atoms with Crippen molar-refractivity contribution in [3.05, 3.63) is 33.1 Å². The van der Waals surface area contributed by atoms with Crippen molar-refractivity contribution < 1.29 is 10.0 Å². The summed E-state index contributed by atoms with van der Waals surface area (Å²) >= 11 is 0. The maximum atomic E-state index is 11.0. The minimum Gasteiger partial charge on any atom is -0.394 e. The molecule has 1 heterocycles. The van der Waals surface area contributed by atoms with Gasteiger partial charge in [-0.25, -0.2) is 0 Å². The number of hydrogen-bond donors (Lipinski definition) is 2. The second kappa shape index (κ2) is 5.22. The molecule has 1 aliphatic carbocycles. The van der Waals surface area contributed by atoms with E-state index in [-0.39, 0.29) is 22.8 Å². The van der Waals surface area contributed by atoms with Gasteiger partial charge in [0.2, 0.25) is 0 Å². The van der Waals surface area contributed by atoms with Crippen molar-refractivity contribution in [3.63, 3.8) is 0 Å². The highest BCUT2D eigenvalue weighted by atomic mass is 16.6. The molecular weight excluding hydrogens is 246 g/mol. The predicted molar refractivity (Wildman–Crippen MR) is 70.9 cm³/mol. The minimum absolute atomic E-state index is 0.0972. The van der Waals surface area contributed by atoms with Gasteiger partial charge in [-0.3, -0.25) is 15.1 Å². The van der Waals surface area contributed by atoms with E-state index < -0.39 is 0 Å². The number of rotatable bonds is 5. The van der Waals surface area contributed by atoms with E-state index in [4.69, 9.17) is 0 Å². The van der Waals surface area contributed by atoms with Crippen LogP contribution in [0.1, 0.15) is 36.1 Å². The first kappa shape index (κ1) is 13.9. The molecule has 0 unspecified atom stereocenters. The van der Waals surface area contributed by atoms with E-state index >= 15 is 0 Å². The van der Waals surface area contributed by atoms with E-state index in [2.05, 4.69) is 10.3 Å². The Morgan fingerprint density at radius 1 is 1.53 bits per heavy atom. The number of nitro groups is 1. The summed E-state index contributed by atoms with van der Waals surface area (Å²) in [5.74, 6) is 0. The zero-order valence-electron chi connectivity index (χ0n) is 11.3. The van der Waals surface area contributed by atoms with Crippen LogP contribution >= 0.6 is 0 Å². The predicted octanol–water partition coefficient (Wildman–Crippen LogP) is 1.61. The van der Waals surface area contributed by atoms with Crippen LogP contribution in [0.3, 0.4) is 0 Å². The van der Waals surface area contributed by atoms with Crippen LogP contribution in [-0.4, -0.2) is 27.2 Å². The Hall–Kier alpha value is -1.53. The van der Waals surface area contributed by atoms with Gasteiger partial charge in [-0.1, -0.05) is 0 Å². The molecule has 0 radical (unpaired) electrons. The summed E-state index contributed by atoms with van der Waals surface area (Å²) in [6, 6.07) is 0. The second-order valence-electron chi connectivity index (χ2n) is 5.26. The van der Waals surface area contributed by atoms with E-state index in [9.17, 15) is 15.2 Å². The van der Waals surface area contributed by atoms with Gasteiger partial charge in [0.1, 0.15) is 0 Å². The Balaban J connectivity index is 2.17. The summed E-state index contributed by atoms with van der Waals surface area (Å²) in [7, 11) is 0. The lowest BCUT2D eigenvalue weighted by Gasteiger charge is -2.41. The summed E-state index contributed by atoms with van der Waals surface area (Å²) in [6.07, 6.45) is 4.52. The second-order valence-corrected chi connectivity index (χ2v) is 5.26. The molecular formula is C13H19N3O3. The van der Waals surface area contributed by atoms with Crippen molar-refractivity contribution in [2.75, 3.05) is 6.61 Å². The van der Waals surface area contributed by atoms with Gasteiger partial charge in [0, 0.05) is 29.4 Å². The number of aryl methyl sites for hydroxylation is 1. The van der Waals surface area contributed by atoms with Crippen molar-refractivity contribution in [2.45, 2.75) is 45.2 Å². The molecule has 0 spiro atoms. The first-order chi connectivity index (χ1) is 8.99. The smallest absolute Gasteiger partial charge is 0.278 e. The fraction of sp³-hybridized carbons (Fsp3) is 0.615. The highest BCUT2D eigenvalue weighted by Crippen LogP contribution is 2.32. The van der Waals surface area contributed by atoms with E-state index in [1.807, 2.05) is 0 Å². The Bertz CT molecular complexity index is 493. The molecule has 0 atom stereocenters. The molecule has 0 amide bonds. The Kier molecular flexibility index (Phi) is 3.82. The van der Waals surface area contributed by atoms with Crippen molar-refractivity contribution in [3.8, 4) is 0 Å². The molecule has 2 N–H and O–H groups in total. The molecule has 1 aromatic rings. The molecule has 0 bridgehead atoms. The maximum absolute atomic E-state index is 11.0. The Labute approximate surface area is 112 Å². The standard InChI is InChI=1S/C13H19N3O3/c1-9-6-14-11(10(2)12(9)16(18)19)7-15-13(8-17)4-3-5-13/h6,15,17H,3-5,7-8H2,1-2H3. The fourth-order valence-electron chi connectivity index (χ4n) is 2.49. The zero-order valence-corrected chi connectivity index (χ0v) is 11.3. The van der Waals surface area contributed by atoms with Crippen LogP contribution in [0.5, 0.6) is 0 Å². The molecule has 1 aromatic heterocycles. The molecule has 0 saturated heterocycles. The molecule has 6 nitrogen and oxygen atoms in total. The number of hydrogen-bond acceptors (Lipinski definition) is 5. The van der Waals surface area contributed by atoms with Gasteiger partial charge in [0.15, 0.2) is 0 Å². The number of aromatic nitrogens is 1. The molecule has 1 fully saturated rings. The Morgan fingerprint density at radius 3 is 2.68 bits per heavy atom. The van der Waals surface area contributed by atoms with Gasteiger partial charge >= 0.3 is 0 Å². The van der Waals surface area contributed by atoms with Gasteiger partial charge in [0.05, 0.1) is 17.2 Å². The van der Waals surface area contributed by atoms with Crippen LogP contribution in [0.2, 0.25) is 0 Å². The lowest BCUT2D eigenvalue weighted by atomic mass is 9.77. The summed E-state index contributed by atoms with van der Waals surface area (Å²) in [4.78, 5) is 14.9. The van der Waals surface area contributed by atoms with Gasteiger partial charge in [-0.2, -0.15) is 0 Å². The average molecular weight is 265 g/mol. The van der Waals surface area contributed by atoms with Gasteiger partial charge in [-0.15, -0.1) is 0 Å². The van der Waals surface area contributed by atoms with Crippen LogP contribution in [0.15, 0.2) is 6.20 Å². The molecule has 1 saturated carbocycles. The van der Waals surface area contributed by atoms with Gasteiger partial charge in [0.25, 0.3) is 5.69 Å². The Morgan fingerprint density at radius 2 is 2.21 bits per heavy atom. The maximum Gasteiger partial charge on any atom is 0.278 e. The monoisotopic (exact) mass is 265 g/mol. The van der Waals surface area contributed by atoms with Crippen molar-refractivity contribution in [1.29, 1.82) is 0 Å². The van der Waals surface area contributed by atoms with Gasteiger partial charge in [-0.05, 0) is 33.1 Å². The third-order valence-electron chi connectivity index (χ3n) is 4.00. The first-order valence-electron chi connectivity index (χ1n) is 6.44.